The summed E-state index contributed by atoms with van der Waals surface area (Å²) in [5, 5.41) is 0. The number of halogens is 6. The third-order valence-corrected chi connectivity index (χ3v) is 8.37. The zero-order valence-corrected chi connectivity index (χ0v) is 21.9. The number of rotatable bonds is 9. The molecule has 0 fully saturated rings. The number of carbonyl (C=O) groups is 2. The van der Waals surface area contributed by atoms with Gasteiger partial charge in [-0.15, -0.1) is 0 Å². The van der Waals surface area contributed by atoms with Crippen LogP contribution in [0.1, 0.15) is 26.5 Å². The molecular weight excluding hydrogens is 592 g/mol. The molecule has 1 heterocycles. The summed E-state index contributed by atoms with van der Waals surface area (Å²) in [6.07, 6.45) is -0.417. The Hall–Kier alpha value is -3.48. The van der Waals surface area contributed by atoms with E-state index in [4.69, 9.17) is 9.47 Å². The van der Waals surface area contributed by atoms with E-state index in [-0.39, 0.29) is 21.6 Å². The first-order chi connectivity index (χ1) is 17.8. The summed E-state index contributed by atoms with van der Waals surface area (Å²) in [5.74, 6) is -3.62. The number of aryl methyl sites for hydroxylation is 1. The topological polar surface area (TPSA) is 144 Å². The van der Waals surface area contributed by atoms with Gasteiger partial charge in [0, 0.05) is 6.54 Å². The highest BCUT2D eigenvalue weighted by Gasteiger charge is 2.59. The molecule has 0 amide bonds. The normalized spacial score (nSPS) is 12.7. The van der Waals surface area contributed by atoms with E-state index in [0.717, 1.165) is 0 Å². The van der Waals surface area contributed by atoms with Crippen LogP contribution in [-0.4, -0.2) is 72.8 Å². The molecular formula is C20H19F6NO10S2. The molecule has 19 heteroatoms. The monoisotopic (exact) mass is 611 g/mol. The first-order valence-electron chi connectivity index (χ1n) is 10.1. The van der Waals surface area contributed by atoms with Crippen LogP contribution in [-0.2, 0) is 42.1 Å². The number of carbonyl (C=O) groups excluding carboxylic acids is 2. The number of methoxy groups -OCH3 is 4. The SMILES string of the molecule is COC(=O)c1c(S(=O)(=O)C(F)(F)F)c(S(=O)(=O)C(F)(F)F)c(C(=O)OC)n1CCc1ccc(OC)c(OC)c1. The summed E-state index contributed by atoms with van der Waals surface area (Å²) < 4.78 is 150. The van der Waals surface area contributed by atoms with Crippen LogP contribution in [0.4, 0.5) is 26.3 Å². The summed E-state index contributed by atoms with van der Waals surface area (Å²) in [4.78, 5) is 19.8. The smallest absolute Gasteiger partial charge is 0.493 e. The third kappa shape index (κ3) is 5.63. The average Bonchev–Trinajstić information content (AvgIpc) is 3.21. The molecule has 39 heavy (non-hydrogen) atoms. The number of nitrogens with zero attached hydrogens (tertiary/aromatic N) is 1. The lowest BCUT2D eigenvalue weighted by Crippen LogP contribution is -2.30. The Bertz CT molecular complexity index is 1410. The molecule has 0 aliphatic heterocycles. The van der Waals surface area contributed by atoms with E-state index in [1.54, 1.807) is 0 Å². The van der Waals surface area contributed by atoms with Crippen LogP contribution in [0.5, 0.6) is 11.5 Å². The molecule has 0 spiro atoms. The van der Waals surface area contributed by atoms with Crippen molar-refractivity contribution in [2.75, 3.05) is 28.4 Å². The van der Waals surface area contributed by atoms with Gasteiger partial charge in [-0.3, -0.25) is 0 Å². The molecule has 0 N–H and O–H groups in total. The van der Waals surface area contributed by atoms with Crippen molar-refractivity contribution in [3.8, 4) is 11.5 Å². The summed E-state index contributed by atoms with van der Waals surface area (Å²) in [6.45, 7) is -0.905. The lowest BCUT2D eigenvalue weighted by molar-refractivity contribution is -0.0456. The largest absolute Gasteiger partial charge is 0.502 e. The van der Waals surface area contributed by atoms with E-state index in [0.29, 0.717) is 14.2 Å². The quantitative estimate of drug-likeness (QED) is 0.307. The van der Waals surface area contributed by atoms with Crippen molar-refractivity contribution in [3.63, 3.8) is 0 Å². The minimum absolute atomic E-state index is 0.0611. The van der Waals surface area contributed by atoms with Crippen LogP contribution in [0.15, 0.2) is 28.0 Å². The Kier molecular flexibility index (Phi) is 8.91. The Morgan fingerprint density at radius 3 is 1.49 bits per heavy atom. The zero-order valence-electron chi connectivity index (χ0n) is 20.3. The van der Waals surface area contributed by atoms with Gasteiger partial charge in [-0.2, -0.15) is 26.3 Å². The van der Waals surface area contributed by atoms with Crippen molar-refractivity contribution in [1.82, 2.24) is 4.57 Å². The molecule has 218 valence electrons. The van der Waals surface area contributed by atoms with Crippen LogP contribution in [0.2, 0.25) is 0 Å². The van der Waals surface area contributed by atoms with E-state index in [2.05, 4.69) is 9.47 Å². The number of benzene rings is 1. The summed E-state index contributed by atoms with van der Waals surface area (Å²) in [6, 6.07) is 4.05. The standard InChI is InChI=1S/C20H19F6NO10S2/c1-34-11-6-5-10(9-12(11)35-2)7-8-27-13(17(28)36-3)15(38(30,31)19(21,22)23)16(14(27)18(29)37-4)39(32,33)20(24,25)26/h5-6,9H,7-8H2,1-4H3. The fourth-order valence-corrected chi connectivity index (χ4v) is 6.10. The van der Waals surface area contributed by atoms with Gasteiger partial charge in [0.15, 0.2) is 11.5 Å². The maximum Gasteiger partial charge on any atom is 0.502 e. The number of hydrogen-bond donors (Lipinski definition) is 0. The van der Waals surface area contributed by atoms with E-state index >= 15 is 0 Å². The van der Waals surface area contributed by atoms with Crippen LogP contribution in [0.3, 0.4) is 0 Å². The second-order valence-electron chi connectivity index (χ2n) is 7.33. The fraction of sp³-hybridized carbons (Fsp3) is 0.400. The van der Waals surface area contributed by atoms with Gasteiger partial charge in [0.1, 0.15) is 21.2 Å². The minimum Gasteiger partial charge on any atom is -0.493 e. The van der Waals surface area contributed by atoms with Gasteiger partial charge in [0.2, 0.25) is 0 Å². The van der Waals surface area contributed by atoms with Crippen LogP contribution in [0, 0.1) is 0 Å². The van der Waals surface area contributed by atoms with Crippen molar-refractivity contribution in [3.05, 3.63) is 35.2 Å². The second kappa shape index (κ2) is 10.9. The van der Waals surface area contributed by atoms with Crippen molar-refractivity contribution < 1.29 is 71.7 Å². The van der Waals surface area contributed by atoms with Gasteiger partial charge in [-0.25, -0.2) is 26.4 Å². The van der Waals surface area contributed by atoms with Crippen LogP contribution < -0.4 is 9.47 Å². The highest BCUT2D eigenvalue weighted by molar-refractivity contribution is 7.95. The van der Waals surface area contributed by atoms with Gasteiger partial charge < -0.3 is 23.5 Å². The Morgan fingerprint density at radius 1 is 0.744 bits per heavy atom. The Labute approximate surface area is 217 Å². The predicted octanol–water partition coefficient (Wildman–Crippen LogP) is 2.91. The lowest BCUT2D eigenvalue weighted by Gasteiger charge is -2.14. The predicted molar refractivity (Wildman–Crippen MR) is 117 cm³/mol. The van der Waals surface area contributed by atoms with Gasteiger partial charge in [0.05, 0.1) is 28.4 Å². The lowest BCUT2D eigenvalue weighted by atomic mass is 10.1. The highest BCUT2D eigenvalue weighted by Crippen LogP contribution is 2.44. The molecule has 0 bridgehead atoms. The molecule has 11 nitrogen and oxygen atoms in total. The number of aromatic nitrogens is 1. The minimum atomic E-state index is -7.03. The first kappa shape index (κ1) is 31.7. The molecule has 1 aromatic heterocycles. The van der Waals surface area contributed by atoms with Gasteiger partial charge in [-0.05, 0) is 24.1 Å². The number of esters is 2. The van der Waals surface area contributed by atoms with Crippen molar-refractivity contribution >= 4 is 31.6 Å². The van der Waals surface area contributed by atoms with Gasteiger partial charge in [-0.1, -0.05) is 6.07 Å². The van der Waals surface area contributed by atoms with Crippen LogP contribution >= 0.6 is 0 Å². The summed E-state index contributed by atoms with van der Waals surface area (Å²) >= 11 is 0. The average molecular weight is 611 g/mol. The van der Waals surface area contributed by atoms with E-state index < -0.39 is 76.8 Å². The van der Waals surface area contributed by atoms with E-state index in [9.17, 15) is 52.8 Å². The number of alkyl halides is 6. The fourth-order valence-electron chi connectivity index (χ4n) is 3.40. The molecule has 0 aliphatic rings. The van der Waals surface area contributed by atoms with Crippen molar-refractivity contribution in [1.29, 1.82) is 0 Å². The molecule has 1 aromatic carbocycles. The van der Waals surface area contributed by atoms with E-state index in [1.807, 2.05) is 0 Å². The molecule has 0 radical (unpaired) electrons. The van der Waals surface area contributed by atoms with Gasteiger partial charge in [0.25, 0.3) is 19.7 Å². The van der Waals surface area contributed by atoms with Crippen molar-refractivity contribution in [2.45, 2.75) is 33.8 Å². The molecule has 2 aromatic rings. The summed E-state index contributed by atoms with van der Waals surface area (Å²) in [7, 11) is -10.4. The molecule has 0 saturated heterocycles. The third-order valence-electron chi connectivity index (χ3n) is 5.15. The zero-order chi connectivity index (χ0) is 30.1. The van der Waals surface area contributed by atoms with Crippen LogP contribution in [0.25, 0.3) is 0 Å². The number of hydrogen-bond acceptors (Lipinski definition) is 10. The summed E-state index contributed by atoms with van der Waals surface area (Å²) in [5.41, 5.74) is -16.2. The molecule has 0 aliphatic carbocycles. The van der Waals surface area contributed by atoms with E-state index in [1.165, 1.54) is 32.4 Å². The molecule has 2 rings (SSSR count). The molecule has 0 unspecified atom stereocenters. The molecule has 0 atom stereocenters. The maximum atomic E-state index is 13.6. The Morgan fingerprint density at radius 2 is 1.15 bits per heavy atom. The molecule has 0 saturated carbocycles. The Balaban J connectivity index is 3.09. The van der Waals surface area contributed by atoms with Crippen molar-refractivity contribution in [2.24, 2.45) is 0 Å². The second-order valence-corrected chi connectivity index (χ2v) is 11.1. The maximum absolute atomic E-state index is 13.6. The highest BCUT2D eigenvalue weighted by atomic mass is 32.2. The first-order valence-corrected chi connectivity index (χ1v) is 13.0. The van der Waals surface area contributed by atoms with Gasteiger partial charge >= 0.3 is 23.0 Å². The number of sulfone groups is 2. The number of ether oxygens (including phenoxy) is 4.